The highest BCUT2D eigenvalue weighted by atomic mass is 32.1. The molecule has 2 aliphatic rings. The summed E-state index contributed by atoms with van der Waals surface area (Å²) in [5, 5.41) is 6.97. The molecule has 3 rings (SSSR count). The number of amides is 2. The van der Waals surface area contributed by atoms with E-state index in [1.54, 1.807) is 11.3 Å². The Morgan fingerprint density at radius 1 is 1.52 bits per heavy atom. The van der Waals surface area contributed by atoms with Gasteiger partial charge >= 0.3 is 0 Å². The van der Waals surface area contributed by atoms with E-state index in [2.05, 4.69) is 5.32 Å². The van der Waals surface area contributed by atoms with Gasteiger partial charge < -0.3 is 15.0 Å². The zero-order valence-electron chi connectivity index (χ0n) is 12.1. The van der Waals surface area contributed by atoms with Gasteiger partial charge in [0, 0.05) is 13.1 Å². The summed E-state index contributed by atoms with van der Waals surface area (Å²) in [6.45, 7) is 3.51. The van der Waals surface area contributed by atoms with Crippen LogP contribution in [0.2, 0.25) is 0 Å². The minimum Gasteiger partial charge on any atom is -0.363 e. The first-order valence-electron chi connectivity index (χ1n) is 7.31. The number of likely N-dealkylation sites (tertiary alicyclic amines) is 1. The van der Waals surface area contributed by atoms with Crippen molar-refractivity contribution in [3.63, 3.8) is 0 Å². The molecule has 1 spiro atoms. The van der Waals surface area contributed by atoms with Gasteiger partial charge in [-0.25, -0.2) is 0 Å². The van der Waals surface area contributed by atoms with E-state index in [0.29, 0.717) is 19.5 Å². The molecule has 2 aliphatic heterocycles. The summed E-state index contributed by atoms with van der Waals surface area (Å²) in [5.74, 6) is 0.125. The van der Waals surface area contributed by atoms with Gasteiger partial charge in [-0.3, -0.25) is 9.59 Å². The molecule has 0 aliphatic carbocycles. The fraction of sp³-hybridized carbons (Fsp3) is 0.600. The number of nitrogens with one attached hydrogen (secondary N) is 1. The summed E-state index contributed by atoms with van der Waals surface area (Å²) < 4.78 is 5.82. The number of morpholine rings is 1. The van der Waals surface area contributed by atoms with E-state index in [1.807, 2.05) is 28.7 Å². The van der Waals surface area contributed by atoms with Crippen molar-refractivity contribution in [3.8, 4) is 0 Å². The van der Waals surface area contributed by atoms with Crippen LogP contribution < -0.4 is 5.32 Å². The van der Waals surface area contributed by atoms with Gasteiger partial charge in [-0.1, -0.05) is 0 Å². The van der Waals surface area contributed by atoms with E-state index in [1.165, 1.54) is 0 Å². The fourth-order valence-electron chi connectivity index (χ4n) is 3.14. The van der Waals surface area contributed by atoms with Crippen LogP contribution in [0.1, 0.15) is 25.3 Å². The van der Waals surface area contributed by atoms with Gasteiger partial charge in [-0.15, -0.1) is 0 Å². The number of ether oxygens (including phenoxy) is 1. The largest absolute Gasteiger partial charge is 0.363 e. The van der Waals surface area contributed by atoms with Crippen molar-refractivity contribution in [1.82, 2.24) is 10.2 Å². The second-order valence-electron chi connectivity index (χ2n) is 5.83. The fourth-order valence-corrected chi connectivity index (χ4v) is 3.81. The van der Waals surface area contributed by atoms with Crippen molar-refractivity contribution in [2.24, 2.45) is 0 Å². The minimum absolute atomic E-state index is 0.00729. The Bertz CT molecular complexity index is 521. The van der Waals surface area contributed by atoms with Gasteiger partial charge in [0.05, 0.1) is 18.1 Å². The molecule has 0 bridgehead atoms. The number of carbonyl (C=O) groups excluding carboxylic acids is 2. The Kier molecular flexibility index (Phi) is 3.99. The van der Waals surface area contributed by atoms with Crippen LogP contribution >= 0.6 is 11.3 Å². The highest BCUT2D eigenvalue weighted by Crippen LogP contribution is 2.32. The maximum atomic E-state index is 12.3. The Hall–Kier alpha value is -1.40. The van der Waals surface area contributed by atoms with Crippen molar-refractivity contribution in [2.45, 2.75) is 37.8 Å². The molecular weight excluding hydrogens is 288 g/mol. The van der Waals surface area contributed by atoms with Crippen LogP contribution in [0.3, 0.4) is 0 Å². The molecule has 2 saturated heterocycles. The molecular formula is C15H20N2O3S. The molecule has 2 fully saturated rings. The van der Waals surface area contributed by atoms with Gasteiger partial charge in [0.2, 0.25) is 11.8 Å². The van der Waals surface area contributed by atoms with Crippen LogP contribution in [0, 0.1) is 0 Å². The molecule has 5 nitrogen and oxygen atoms in total. The average Bonchev–Trinajstić information content (AvgIpc) is 2.97. The zero-order chi connectivity index (χ0) is 14.9. The van der Waals surface area contributed by atoms with E-state index in [9.17, 15) is 9.59 Å². The Balaban J connectivity index is 1.57. The smallest absolute Gasteiger partial charge is 0.246 e. The van der Waals surface area contributed by atoms with Crippen molar-refractivity contribution in [3.05, 3.63) is 22.4 Å². The summed E-state index contributed by atoms with van der Waals surface area (Å²) in [5.41, 5.74) is 0.785. The molecule has 21 heavy (non-hydrogen) atoms. The first kappa shape index (κ1) is 14.5. The predicted molar refractivity (Wildman–Crippen MR) is 80.1 cm³/mol. The van der Waals surface area contributed by atoms with Crippen LogP contribution in [0.25, 0.3) is 0 Å². The van der Waals surface area contributed by atoms with Crippen LogP contribution in [0.15, 0.2) is 16.8 Å². The normalized spacial score (nSPS) is 24.9. The molecule has 0 unspecified atom stereocenters. The zero-order valence-corrected chi connectivity index (χ0v) is 12.9. The van der Waals surface area contributed by atoms with Crippen LogP contribution in [0.5, 0.6) is 0 Å². The highest BCUT2D eigenvalue weighted by molar-refractivity contribution is 7.07. The first-order chi connectivity index (χ1) is 10.1. The monoisotopic (exact) mass is 308 g/mol. The van der Waals surface area contributed by atoms with E-state index < -0.39 is 0 Å². The van der Waals surface area contributed by atoms with Crippen molar-refractivity contribution in [1.29, 1.82) is 0 Å². The maximum absolute atomic E-state index is 12.3. The SMILES string of the molecule is C[C@@H]1NC(=O)COC12CCN(C(=O)Cc1ccsc1)CC2. The van der Waals surface area contributed by atoms with Gasteiger partial charge in [0.15, 0.2) is 0 Å². The Morgan fingerprint density at radius 2 is 2.29 bits per heavy atom. The second kappa shape index (κ2) is 5.77. The summed E-state index contributed by atoms with van der Waals surface area (Å²) in [4.78, 5) is 25.6. The number of hydrogen-bond donors (Lipinski definition) is 1. The molecule has 3 heterocycles. The standard InChI is InChI=1S/C15H20N2O3S/c1-11-15(20-9-13(18)16-11)3-5-17(6-4-15)14(19)8-12-2-7-21-10-12/h2,7,10-11H,3-6,8-9H2,1H3,(H,16,18)/t11-/m0/s1. The average molecular weight is 308 g/mol. The van der Waals surface area contributed by atoms with Gasteiger partial charge in [-0.2, -0.15) is 11.3 Å². The number of thiophene rings is 1. The predicted octanol–water partition coefficient (Wildman–Crippen LogP) is 1.19. The van der Waals surface area contributed by atoms with E-state index in [0.717, 1.165) is 18.4 Å². The molecule has 0 radical (unpaired) electrons. The highest BCUT2D eigenvalue weighted by Gasteiger charge is 2.44. The lowest BCUT2D eigenvalue weighted by Gasteiger charge is -2.47. The van der Waals surface area contributed by atoms with Crippen LogP contribution in [-0.4, -0.2) is 48.1 Å². The molecule has 2 amide bonds. The maximum Gasteiger partial charge on any atom is 0.246 e. The quantitative estimate of drug-likeness (QED) is 0.893. The molecule has 0 saturated carbocycles. The number of piperidine rings is 1. The molecule has 6 heteroatoms. The molecule has 1 N–H and O–H groups in total. The number of rotatable bonds is 2. The molecule has 114 valence electrons. The molecule has 1 aromatic rings. The topological polar surface area (TPSA) is 58.6 Å². The second-order valence-corrected chi connectivity index (χ2v) is 6.61. The lowest BCUT2D eigenvalue weighted by Crippen LogP contribution is -2.63. The summed E-state index contributed by atoms with van der Waals surface area (Å²) in [6.07, 6.45) is 2.04. The Labute approximate surface area is 128 Å². The first-order valence-corrected chi connectivity index (χ1v) is 8.25. The van der Waals surface area contributed by atoms with Gasteiger partial charge in [-0.05, 0) is 42.2 Å². The number of nitrogens with zero attached hydrogens (tertiary/aromatic N) is 1. The van der Waals surface area contributed by atoms with E-state index in [-0.39, 0.29) is 30.1 Å². The summed E-state index contributed by atoms with van der Waals surface area (Å²) in [7, 11) is 0. The van der Waals surface area contributed by atoms with Crippen molar-refractivity contribution in [2.75, 3.05) is 19.7 Å². The van der Waals surface area contributed by atoms with Gasteiger partial charge in [0.25, 0.3) is 0 Å². The third kappa shape index (κ3) is 2.96. The van der Waals surface area contributed by atoms with Crippen LogP contribution in [-0.2, 0) is 20.7 Å². The minimum atomic E-state index is -0.299. The lowest BCUT2D eigenvalue weighted by molar-refractivity contribution is -0.163. The van der Waals surface area contributed by atoms with E-state index in [4.69, 9.17) is 4.74 Å². The molecule has 0 aromatic carbocycles. The molecule has 1 atom stereocenters. The van der Waals surface area contributed by atoms with Crippen molar-refractivity contribution >= 4 is 23.2 Å². The van der Waals surface area contributed by atoms with Crippen molar-refractivity contribution < 1.29 is 14.3 Å². The van der Waals surface area contributed by atoms with E-state index >= 15 is 0 Å². The third-order valence-electron chi connectivity index (χ3n) is 4.56. The summed E-state index contributed by atoms with van der Waals surface area (Å²) in [6, 6.07) is 2.00. The number of carbonyl (C=O) groups is 2. The Morgan fingerprint density at radius 3 is 2.90 bits per heavy atom. The number of hydrogen-bond acceptors (Lipinski definition) is 4. The van der Waals surface area contributed by atoms with Crippen LogP contribution in [0.4, 0.5) is 0 Å². The lowest BCUT2D eigenvalue weighted by atomic mass is 9.83. The third-order valence-corrected chi connectivity index (χ3v) is 5.29. The molecule has 1 aromatic heterocycles. The summed E-state index contributed by atoms with van der Waals surface area (Å²) >= 11 is 1.62. The van der Waals surface area contributed by atoms with Gasteiger partial charge in [0.1, 0.15) is 6.61 Å².